The van der Waals surface area contributed by atoms with Gasteiger partial charge >= 0.3 is 6.18 Å². The maximum atomic E-state index is 13.6. The maximum Gasteiger partial charge on any atom is 0.416 e. The summed E-state index contributed by atoms with van der Waals surface area (Å²) in [5.74, 6) is -0.372. The monoisotopic (exact) mass is 531 g/mol. The highest BCUT2D eigenvalue weighted by molar-refractivity contribution is 7.92. The Morgan fingerprint density at radius 1 is 0.892 bits per heavy atom. The van der Waals surface area contributed by atoms with Gasteiger partial charge in [0, 0.05) is 31.9 Å². The molecule has 0 atom stereocenters. The average molecular weight is 532 g/mol. The van der Waals surface area contributed by atoms with Crippen LogP contribution in [0.25, 0.3) is 0 Å². The van der Waals surface area contributed by atoms with Gasteiger partial charge in [-0.1, -0.05) is 42.0 Å². The van der Waals surface area contributed by atoms with Gasteiger partial charge < -0.3 is 9.80 Å². The van der Waals surface area contributed by atoms with Gasteiger partial charge in [0.15, 0.2) is 0 Å². The van der Waals surface area contributed by atoms with E-state index < -0.39 is 21.8 Å². The Balaban J connectivity index is 1.53. The Hall–Kier alpha value is -3.53. The minimum Gasteiger partial charge on any atom is -0.368 e. The fraction of sp³-hybridized carbons (Fsp3) is 0.296. The summed E-state index contributed by atoms with van der Waals surface area (Å²) in [5, 5.41) is 0. The molecule has 6 nitrogen and oxygen atoms in total. The zero-order valence-electron chi connectivity index (χ0n) is 20.6. The number of sulfonamides is 1. The first kappa shape index (κ1) is 26.5. The molecule has 0 bridgehead atoms. The van der Waals surface area contributed by atoms with E-state index in [-0.39, 0.29) is 30.4 Å². The lowest BCUT2D eigenvalue weighted by Gasteiger charge is -2.37. The molecule has 0 radical (unpaired) electrons. The molecule has 3 aromatic carbocycles. The van der Waals surface area contributed by atoms with Gasteiger partial charge in [-0.25, -0.2) is 8.42 Å². The van der Waals surface area contributed by atoms with Gasteiger partial charge in [0.1, 0.15) is 6.54 Å². The van der Waals surface area contributed by atoms with Gasteiger partial charge in [-0.05, 0) is 55.8 Å². The molecule has 1 amide bonds. The second-order valence-corrected chi connectivity index (χ2v) is 10.9. The third-order valence-corrected chi connectivity index (χ3v) is 8.18. The smallest absolute Gasteiger partial charge is 0.368 e. The fourth-order valence-corrected chi connectivity index (χ4v) is 5.92. The minimum absolute atomic E-state index is 0.0807. The summed E-state index contributed by atoms with van der Waals surface area (Å²) in [6, 6.07) is 18.4. The number of nitrogens with zero attached hydrogens (tertiary/aromatic N) is 3. The van der Waals surface area contributed by atoms with Crippen molar-refractivity contribution in [2.45, 2.75) is 24.9 Å². The summed E-state index contributed by atoms with van der Waals surface area (Å²) < 4.78 is 67.7. The number of hydrogen-bond acceptors (Lipinski definition) is 4. The van der Waals surface area contributed by atoms with E-state index in [9.17, 15) is 26.4 Å². The standard InChI is InChI=1S/C27H28F3N3O3S/c1-20-11-12-25(21(2)17-20)33(37(35,36)24-9-4-3-5-10-24)19-26(34)32-15-13-31(14-16-32)23-8-6-7-22(18-23)27(28,29)30/h3-12,17-18H,13-16,19H2,1-2H3. The van der Waals surface area contributed by atoms with Gasteiger partial charge in [-0.15, -0.1) is 0 Å². The van der Waals surface area contributed by atoms with Gasteiger partial charge in [0.05, 0.1) is 16.1 Å². The van der Waals surface area contributed by atoms with Gasteiger partial charge in [-0.3, -0.25) is 9.10 Å². The number of anilines is 2. The molecule has 0 aliphatic carbocycles. The summed E-state index contributed by atoms with van der Waals surface area (Å²) in [4.78, 5) is 16.8. The number of benzene rings is 3. The number of alkyl halides is 3. The van der Waals surface area contributed by atoms with Crippen molar-refractivity contribution >= 4 is 27.3 Å². The van der Waals surface area contributed by atoms with Crippen molar-refractivity contribution in [1.82, 2.24) is 4.90 Å². The van der Waals surface area contributed by atoms with Crippen LogP contribution in [0.5, 0.6) is 0 Å². The number of rotatable bonds is 6. The van der Waals surface area contributed by atoms with Crippen LogP contribution in [-0.4, -0.2) is 51.9 Å². The van der Waals surface area contributed by atoms with E-state index in [4.69, 9.17) is 0 Å². The van der Waals surface area contributed by atoms with Crippen molar-refractivity contribution in [3.8, 4) is 0 Å². The van der Waals surface area contributed by atoms with Crippen molar-refractivity contribution in [2.75, 3.05) is 41.9 Å². The zero-order chi connectivity index (χ0) is 26.8. The highest BCUT2D eigenvalue weighted by atomic mass is 32.2. The maximum absolute atomic E-state index is 13.6. The number of halogens is 3. The van der Waals surface area contributed by atoms with E-state index in [0.29, 0.717) is 24.5 Å². The molecule has 196 valence electrons. The molecule has 0 saturated carbocycles. The molecule has 0 aromatic heterocycles. The molecular weight excluding hydrogens is 503 g/mol. The van der Waals surface area contributed by atoms with Crippen LogP contribution in [0.2, 0.25) is 0 Å². The van der Waals surface area contributed by atoms with E-state index in [2.05, 4.69) is 0 Å². The number of aryl methyl sites for hydroxylation is 2. The first-order valence-corrected chi connectivity index (χ1v) is 13.3. The minimum atomic E-state index is -4.43. The van der Waals surface area contributed by atoms with Crippen LogP contribution in [0, 0.1) is 13.8 Å². The Labute approximate surface area is 215 Å². The topological polar surface area (TPSA) is 60.9 Å². The number of hydrogen-bond donors (Lipinski definition) is 0. The molecule has 0 N–H and O–H groups in total. The van der Waals surface area contributed by atoms with Crippen LogP contribution in [0.4, 0.5) is 24.5 Å². The lowest BCUT2D eigenvalue weighted by Crippen LogP contribution is -2.52. The molecule has 10 heteroatoms. The van der Waals surface area contributed by atoms with Crippen molar-refractivity contribution in [1.29, 1.82) is 0 Å². The van der Waals surface area contributed by atoms with Gasteiger partial charge in [0.25, 0.3) is 10.0 Å². The van der Waals surface area contributed by atoms with Gasteiger partial charge in [-0.2, -0.15) is 13.2 Å². The normalized spacial score (nSPS) is 14.5. The van der Waals surface area contributed by atoms with E-state index in [1.54, 1.807) is 53.1 Å². The molecule has 3 aromatic rings. The SMILES string of the molecule is Cc1ccc(N(CC(=O)N2CCN(c3cccc(C(F)(F)F)c3)CC2)S(=O)(=O)c2ccccc2)c(C)c1. The van der Waals surface area contributed by atoms with E-state index in [1.807, 2.05) is 13.0 Å². The quantitative estimate of drug-likeness (QED) is 0.456. The van der Waals surface area contributed by atoms with Gasteiger partial charge in [0.2, 0.25) is 5.91 Å². The van der Waals surface area contributed by atoms with E-state index >= 15 is 0 Å². The molecule has 1 saturated heterocycles. The Bertz CT molecular complexity index is 1370. The largest absolute Gasteiger partial charge is 0.416 e. The van der Waals surface area contributed by atoms with Crippen LogP contribution in [0.15, 0.2) is 77.7 Å². The number of carbonyl (C=O) groups is 1. The van der Waals surface area contributed by atoms with Crippen molar-refractivity contribution in [2.24, 2.45) is 0 Å². The summed E-state index contributed by atoms with van der Waals surface area (Å²) >= 11 is 0. The van der Waals surface area contributed by atoms with Crippen LogP contribution < -0.4 is 9.21 Å². The molecule has 0 spiro atoms. The number of piperazine rings is 1. The summed E-state index contributed by atoms with van der Waals surface area (Å²) in [6.45, 7) is 4.52. The molecule has 1 fully saturated rings. The van der Waals surface area contributed by atoms with Crippen LogP contribution in [-0.2, 0) is 21.0 Å². The molecule has 1 aliphatic rings. The first-order chi connectivity index (χ1) is 17.5. The van der Waals surface area contributed by atoms with Crippen molar-refractivity contribution in [3.63, 3.8) is 0 Å². The summed E-state index contributed by atoms with van der Waals surface area (Å²) in [7, 11) is -4.03. The Kier molecular flexibility index (Phi) is 7.49. The van der Waals surface area contributed by atoms with Crippen molar-refractivity contribution in [3.05, 3.63) is 89.5 Å². The van der Waals surface area contributed by atoms with Crippen LogP contribution in [0.1, 0.15) is 16.7 Å². The highest BCUT2D eigenvalue weighted by Crippen LogP contribution is 2.32. The number of carbonyl (C=O) groups excluding carboxylic acids is 1. The van der Waals surface area contributed by atoms with E-state index in [0.717, 1.165) is 27.6 Å². The average Bonchev–Trinajstić information content (AvgIpc) is 2.88. The third-order valence-electron chi connectivity index (χ3n) is 6.40. The lowest BCUT2D eigenvalue weighted by atomic mass is 10.1. The highest BCUT2D eigenvalue weighted by Gasteiger charge is 2.33. The molecule has 1 heterocycles. The molecule has 1 aliphatic heterocycles. The van der Waals surface area contributed by atoms with Crippen LogP contribution in [0.3, 0.4) is 0 Å². The van der Waals surface area contributed by atoms with E-state index in [1.165, 1.54) is 18.2 Å². The second kappa shape index (κ2) is 10.5. The lowest BCUT2D eigenvalue weighted by molar-refractivity contribution is -0.137. The zero-order valence-corrected chi connectivity index (χ0v) is 21.4. The third kappa shape index (κ3) is 5.90. The predicted octanol–water partition coefficient (Wildman–Crippen LogP) is 4.87. The fourth-order valence-electron chi connectivity index (χ4n) is 4.42. The number of amides is 1. The molecule has 0 unspecified atom stereocenters. The summed E-state index contributed by atoms with van der Waals surface area (Å²) in [6.07, 6.45) is -4.43. The molecule has 4 rings (SSSR count). The summed E-state index contributed by atoms with van der Waals surface area (Å²) in [5.41, 5.74) is 1.83. The van der Waals surface area contributed by atoms with Crippen LogP contribution >= 0.6 is 0 Å². The molecule has 37 heavy (non-hydrogen) atoms. The Morgan fingerprint density at radius 2 is 1.57 bits per heavy atom. The molecular formula is C27H28F3N3O3S. The first-order valence-electron chi connectivity index (χ1n) is 11.8. The predicted molar refractivity (Wildman–Crippen MR) is 137 cm³/mol. The second-order valence-electron chi connectivity index (χ2n) is 9.03. The van der Waals surface area contributed by atoms with Crippen molar-refractivity contribution < 1.29 is 26.4 Å². The Morgan fingerprint density at radius 3 is 2.19 bits per heavy atom.